The molecule has 0 aliphatic carbocycles. The molecular formula is C33H39N7O5. The maximum Gasteiger partial charge on any atom is 0.410 e. The van der Waals surface area contributed by atoms with Crippen LogP contribution in [0.2, 0.25) is 0 Å². The first kappa shape index (κ1) is 31.4. The summed E-state index contributed by atoms with van der Waals surface area (Å²) in [5, 5.41) is 16.6. The van der Waals surface area contributed by atoms with Crippen molar-refractivity contribution in [3.8, 4) is 17.1 Å². The van der Waals surface area contributed by atoms with Crippen molar-refractivity contribution in [1.29, 1.82) is 0 Å². The Hall–Kier alpha value is -5.00. The van der Waals surface area contributed by atoms with Crippen molar-refractivity contribution in [3.05, 3.63) is 65.7 Å². The Balaban J connectivity index is 1.49. The molecule has 1 atom stereocenters. The summed E-state index contributed by atoms with van der Waals surface area (Å²) in [7, 11) is 4.96. The molecular weight excluding hydrogens is 574 g/mol. The van der Waals surface area contributed by atoms with Gasteiger partial charge in [-0.15, -0.1) is 5.10 Å². The number of rotatable bonds is 8. The predicted molar refractivity (Wildman–Crippen MR) is 170 cm³/mol. The number of anilines is 1. The lowest BCUT2D eigenvalue weighted by atomic mass is 9.98. The molecule has 0 fully saturated rings. The van der Waals surface area contributed by atoms with Crippen molar-refractivity contribution in [1.82, 2.24) is 30.0 Å². The second-order valence-electron chi connectivity index (χ2n) is 12.2. The van der Waals surface area contributed by atoms with Crippen molar-refractivity contribution >= 4 is 34.4 Å². The number of tetrazole rings is 1. The molecule has 1 unspecified atom stereocenters. The third-order valence-corrected chi connectivity index (χ3v) is 7.84. The fourth-order valence-electron chi connectivity index (χ4n) is 5.52. The number of fused-ring (bicyclic) bond motifs is 2. The number of para-hydroxylation sites is 1. The summed E-state index contributed by atoms with van der Waals surface area (Å²) in [6.07, 6.45) is 0.535. The van der Waals surface area contributed by atoms with Crippen LogP contribution in [0.1, 0.15) is 44.7 Å². The van der Waals surface area contributed by atoms with Gasteiger partial charge >= 0.3 is 6.09 Å². The molecule has 3 aromatic carbocycles. The predicted octanol–water partition coefficient (Wildman–Crippen LogP) is 4.58. The fraction of sp³-hybridized carbons (Fsp3) is 0.394. The van der Waals surface area contributed by atoms with Crippen LogP contribution in [0, 0.1) is 0 Å². The van der Waals surface area contributed by atoms with E-state index in [9.17, 15) is 14.4 Å². The SMILES string of the molecule is COc1ccc2cc(-c3nnnn3C)ccc2c1CN(C(=O)CCN(C)C(=O)OC(C)(C)C)C1CCc2ccccc2NC1=O. The summed E-state index contributed by atoms with van der Waals surface area (Å²) in [6.45, 7) is 5.62. The average molecular weight is 614 g/mol. The third-order valence-electron chi connectivity index (χ3n) is 7.84. The highest BCUT2D eigenvalue weighted by atomic mass is 16.6. The van der Waals surface area contributed by atoms with Gasteiger partial charge in [-0.05, 0) is 78.6 Å². The van der Waals surface area contributed by atoms with Crippen LogP contribution < -0.4 is 10.1 Å². The normalized spacial score (nSPS) is 14.7. The van der Waals surface area contributed by atoms with Crippen LogP contribution in [-0.2, 0) is 34.3 Å². The van der Waals surface area contributed by atoms with E-state index < -0.39 is 17.7 Å². The van der Waals surface area contributed by atoms with Gasteiger partial charge in [0.25, 0.3) is 0 Å². The van der Waals surface area contributed by atoms with Gasteiger partial charge in [0, 0.05) is 43.9 Å². The van der Waals surface area contributed by atoms with Crippen LogP contribution in [0.15, 0.2) is 54.6 Å². The van der Waals surface area contributed by atoms with Gasteiger partial charge < -0.3 is 24.6 Å². The fourth-order valence-corrected chi connectivity index (χ4v) is 5.52. The van der Waals surface area contributed by atoms with Crippen LogP contribution in [0.25, 0.3) is 22.2 Å². The average Bonchev–Trinajstić information content (AvgIpc) is 3.36. The van der Waals surface area contributed by atoms with E-state index in [1.54, 1.807) is 51.6 Å². The molecule has 0 spiro atoms. The minimum Gasteiger partial charge on any atom is -0.496 e. The summed E-state index contributed by atoms with van der Waals surface area (Å²) in [5.74, 6) is 0.689. The van der Waals surface area contributed by atoms with Gasteiger partial charge in [-0.1, -0.05) is 36.4 Å². The number of hydrogen-bond acceptors (Lipinski definition) is 8. The molecule has 1 N–H and O–H groups in total. The van der Waals surface area contributed by atoms with Crippen molar-refractivity contribution in [2.45, 2.75) is 58.2 Å². The first-order chi connectivity index (χ1) is 21.4. The number of nitrogens with zero attached hydrogens (tertiary/aromatic N) is 6. The molecule has 2 heterocycles. The molecule has 236 valence electrons. The number of aryl methyl sites for hydroxylation is 2. The zero-order valence-electron chi connectivity index (χ0n) is 26.5. The number of carbonyl (C=O) groups excluding carboxylic acids is 3. The van der Waals surface area contributed by atoms with E-state index in [4.69, 9.17) is 9.47 Å². The summed E-state index contributed by atoms with van der Waals surface area (Å²) < 4.78 is 12.8. The van der Waals surface area contributed by atoms with E-state index in [2.05, 4.69) is 20.8 Å². The Morgan fingerprint density at radius 1 is 1.11 bits per heavy atom. The summed E-state index contributed by atoms with van der Waals surface area (Å²) in [6, 6.07) is 16.6. The Morgan fingerprint density at radius 3 is 2.60 bits per heavy atom. The Bertz CT molecular complexity index is 1730. The maximum atomic E-state index is 14.1. The van der Waals surface area contributed by atoms with Gasteiger partial charge in [-0.3, -0.25) is 9.59 Å². The summed E-state index contributed by atoms with van der Waals surface area (Å²) in [5.41, 5.74) is 2.70. The maximum absolute atomic E-state index is 14.1. The monoisotopic (exact) mass is 613 g/mol. The van der Waals surface area contributed by atoms with Crippen molar-refractivity contribution in [2.75, 3.05) is 26.0 Å². The third kappa shape index (κ3) is 7.05. The van der Waals surface area contributed by atoms with Crippen molar-refractivity contribution in [2.24, 2.45) is 7.05 Å². The number of methoxy groups -OCH3 is 1. The summed E-state index contributed by atoms with van der Waals surface area (Å²) >= 11 is 0. The first-order valence-electron chi connectivity index (χ1n) is 14.9. The first-order valence-corrected chi connectivity index (χ1v) is 14.9. The lowest BCUT2D eigenvalue weighted by Gasteiger charge is -2.32. The second-order valence-corrected chi connectivity index (χ2v) is 12.2. The summed E-state index contributed by atoms with van der Waals surface area (Å²) in [4.78, 5) is 43.4. The quantitative estimate of drug-likeness (QED) is 0.306. The Morgan fingerprint density at radius 2 is 1.89 bits per heavy atom. The van der Waals surface area contributed by atoms with Gasteiger partial charge in [0.05, 0.1) is 13.7 Å². The largest absolute Gasteiger partial charge is 0.496 e. The van der Waals surface area contributed by atoms with Gasteiger partial charge in [0.15, 0.2) is 5.82 Å². The lowest BCUT2D eigenvalue weighted by Crippen LogP contribution is -2.47. The van der Waals surface area contributed by atoms with Crippen LogP contribution >= 0.6 is 0 Å². The molecule has 3 amide bonds. The van der Waals surface area contributed by atoms with Crippen molar-refractivity contribution in [3.63, 3.8) is 0 Å². The Kier molecular flexibility index (Phi) is 9.03. The molecule has 0 bridgehead atoms. The standard InChI is InChI=1S/C33H39N7O5/c1-33(2,3)45-32(43)38(4)18-17-29(41)40(27-15-12-21-9-7-8-10-26(21)34-31(27)42)20-25-24-14-11-23(30-35-36-37-39(30)5)19-22(24)13-16-28(25)44-6/h7-11,13-14,16,19,27H,12,15,17-18,20H2,1-6H3,(H,34,42). The highest BCUT2D eigenvalue weighted by Crippen LogP contribution is 2.33. The minimum absolute atomic E-state index is 0.00284. The van der Waals surface area contributed by atoms with E-state index >= 15 is 0 Å². The van der Waals surface area contributed by atoms with Gasteiger partial charge in [0.1, 0.15) is 17.4 Å². The molecule has 12 heteroatoms. The number of amides is 3. The molecule has 4 aromatic rings. The highest BCUT2D eigenvalue weighted by molar-refractivity contribution is 5.99. The van der Waals surface area contributed by atoms with Crippen LogP contribution in [0.4, 0.5) is 10.5 Å². The van der Waals surface area contributed by atoms with Crippen LogP contribution in [-0.4, -0.2) is 80.3 Å². The molecule has 0 radical (unpaired) electrons. The minimum atomic E-state index is -0.749. The van der Waals surface area contributed by atoms with Crippen LogP contribution in [0.3, 0.4) is 0 Å². The molecule has 1 aromatic heterocycles. The second kappa shape index (κ2) is 12.9. The molecule has 0 saturated carbocycles. The van der Waals surface area contributed by atoms with E-state index in [0.29, 0.717) is 24.4 Å². The topological polar surface area (TPSA) is 132 Å². The number of hydrogen-bond donors (Lipinski definition) is 1. The number of ether oxygens (including phenoxy) is 2. The zero-order chi connectivity index (χ0) is 32.3. The molecule has 45 heavy (non-hydrogen) atoms. The van der Waals surface area contributed by atoms with E-state index in [-0.39, 0.29) is 31.3 Å². The smallest absolute Gasteiger partial charge is 0.410 e. The van der Waals surface area contributed by atoms with Crippen molar-refractivity contribution < 1.29 is 23.9 Å². The van der Waals surface area contributed by atoms with E-state index in [1.165, 1.54) is 4.90 Å². The molecule has 0 saturated heterocycles. The molecule has 12 nitrogen and oxygen atoms in total. The zero-order valence-corrected chi connectivity index (χ0v) is 26.5. The lowest BCUT2D eigenvalue weighted by molar-refractivity contribution is -0.139. The van der Waals surface area contributed by atoms with E-state index in [1.807, 2.05) is 54.6 Å². The molecule has 1 aliphatic rings. The number of nitrogens with one attached hydrogen (secondary N) is 1. The van der Waals surface area contributed by atoms with Gasteiger partial charge in [-0.25, -0.2) is 9.48 Å². The molecule has 5 rings (SSSR count). The number of benzene rings is 3. The highest BCUT2D eigenvalue weighted by Gasteiger charge is 2.33. The Labute approximate surface area is 262 Å². The van der Waals surface area contributed by atoms with E-state index in [0.717, 1.165) is 33.2 Å². The van der Waals surface area contributed by atoms with Gasteiger partial charge in [-0.2, -0.15) is 0 Å². The molecule has 1 aliphatic heterocycles. The van der Waals surface area contributed by atoms with Crippen LogP contribution in [0.5, 0.6) is 5.75 Å². The van der Waals surface area contributed by atoms with Gasteiger partial charge in [0.2, 0.25) is 11.8 Å². The number of carbonyl (C=O) groups is 3. The number of aromatic nitrogens is 4.